The molecular formula is C57H106N2O6P+. The van der Waals surface area contributed by atoms with Gasteiger partial charge in [-0.3, -0.25) is 13.8 Å². The zero-order chi connectivity index (χ0) is 48.5. The van der Waals surface area contributed by atoms with Crippen LogP contribution in [0.4, 0.5) is 0 Å². The van der Waals surface area contributed by atoms with E-state index in [2.05, 4.69) is 79.9 Å². The van der Waals surface area contributed by atoms with Crippen molar-refractivity contribution >= 4 is 13.7 Å². The van der Waals surface area contributed by atoms with Crippen LogP contribution in [0.5, 0.6) is 0 Å². The van der Waals surface area contributed by atoms with Crippen LogP contribution >= 0.6 is 7.82 Å². The Kier molecular flexibility index (Phi) is 46.5. The van der Waals surface area contributed by atoms with E-state index >= 15 is 0 Å². The number of aliphatic hydroxyl groups is 1. The molecule has 0 aliphatic heterocycles. The van der Waals surface area contributed by atoms with Crippen molar-refractivity contribution in [3.63, 3.8) is 0 Å². The van der Waals surface area contributed by atoms with Crippen LogP contribution in [0.1, 0.15) is 232 Å². The van der Waals surface area contributed by atoms with Gasteiger partial charge in [-0.25, -0.2) is 4.57 Å². The SMILES string of the molecule is CC/C=C\C/C=C\C/C=C\CCCCCCCCCC(=O)NC(COP(=O)(O)OCC[N+](C)(C)C)C(O)/C=C/CC/C=C/CC/C=C/CCCCCCCCCCCCCCCCCCC. The highest BCUT2D eigenvalue weighted by atomic mass is 31.2. The molecule has 0 aromatic rings. The number of rotatable bonds is 49. The van der Waals surface area contributed by atoms with E-state index in [0.717, 1.165) is 77.0 Å². The Morgan fingerprint density at radius 2 is 0.924 bits per heavy atom. The molecule has 0 heterocycles. The zero-order valence-electron chi connectivity index (χ0n) is 43.7. The van der Waals surface area contributed by atoms with Gasteiger partial charge in [-0.15, -0.1) is 0 Å². The largest absolute Gasteiger partial charge is 0.472 e. The fourth-order valence-electron chi connectivity index (χ4n) is 7.62. The van der Waals surface area contributed by atoms with Gasteiger partial charge < -0.3 is 19.8 Å². The minimum atomic E-state index is -4.36. The van der Waals surface area contributed by atoms with Gasteiger partial charge in [0, 0.05) is 6.42 Å². The third-order valence-corrected chi connectivity index (χ3v) is 12.9. The summed E-state index contributed by atoms with van der Waals surface area (Å²) in [4.78, 5) is 23.2. The summed E-state index contributed by atoms with van der Waals surface area (Å²) in [5.41, 5.74) is 0. The summed E-state index contributed by atoms with van der Waals surface area (Å²) in [6.07, 6.45) is 65.8. The number of hydrogen-bond acceptors (Lipinski definition) is 5. The second-order valence-electron chi connectivity index (χ2n) is 19.6. The Morgan fingerprint density at radius 3 is 1.39 bits per heavy atom. The number of hydrogen-bond donors (Lipinski definition) is 3. The number of carbonyl (C=O) groups excluding carboxylic acids is 1. The standard InChI is InChI=1S/C57H105N2O6P/c1-6-8-10-12-14-16-18-20-22-24-25-26-27-28-29-30-31-32-33-35-36-38-40-42-44-46-48-50-56(60)55(54-65-66(62,63)64-53-52-59(3,4)5)58-57(61)51-49-47-45-43-41-39-37-34-23-21-19-17-15-13-11-9-7-2/h9,11,15,17,21,23,33,35,40,42,48,50,55-56,60H,6-8,10,12-14,16,18-20,22,24-32,34,36-39,41,43-47,49,51-54H2,1-5H3,(H-,58,61,62,63)/p+1/b11-9-,17-15-,23-21-,35-33+,42-40+,50-48+. The van der Waals surface area contributed by atoms with Crippen molar-refractivity contribution < 1.29 is 32.9 Å². The molecule has 0 aromatic carbocycles. The first-order valence-corrected chi connectivity index (χ1v) is 28.8. The fourth-order valence-corrected chi connectivity index (χ4v) is 8.35. The van der Waals surface area contributed by atoms with Crippen LogP contribution in [0.15, 0.2) is 72.9 Å². The van der Waals surface area contributed by atoms with Crippen molar-refractivity contribution in [2.24, 2.45) is 0 Å². The lowest BCUT2D eigenvalue weighted by Gasteiger charge is -2.25. The van der Waals surface area contributed by atoms with Crippen molar-refractivity contribution in [1.29, 1.82) is 0 Å². The predicted octanol–water partition coefficient (Wildman–Crippen LogP) is 16.3. The smallest absolute Gasteiger partial charge is 0.387 e. The molecule has 0 aromatic heterocycles. The van der Waals surface area contributed by atoms with Crippen LogP contribution in [-0.4, -0.2) is 73.4 Å². The van der Waals surface area contributed by atoms with E-state index in [1.165, 1.54) is 135 Å². The molecule has 0 fully saturated rings. The van der Waals surface area contributed by atoms with Gasteiger partial charge in [0.2, 0.25) is 5.91 Å². The maximum Gasteiger partial charge on any atom is 0.472 e. The molecule has 0 radical (unpaired) electrons. The number of unbranched alkanes of at least 4 members (excludes halogenated alkanes) is 26. The number of carbonyl (C=O) groups is 1. The van der Waals surface area contributed by atoms with Crippen LogP contribution < -0.4 is 5.32 Å². The quantitative estimate of drug-likeness (QED) is 0.0243. The first-order valence-electron chi connectivity index (χ1n) is 27.3. The fraction of sp³-hybridized carbons (Fsp3) is 0.772. The molecule has 3 unspecified atom stereocenters. The third-order valence-electron chi connectivity index (χ3n) is 11.9. The summed E-state index contributed by atoms with van der Waals surface area (Å²) in [6, 6.07) is -0.879. The molecular weight excluding hydrogens is 840 g/mol. The van der Waals surface area contributed by atoms with Gasteiger partial charge in [-0.05, 0) is 77.0 Å². The van der Waals surface area contributed by atoms with Gasteiger partial charge >= 0.3 is 7.82 Å². The van der Waals surface area contributed by atoms with Crippen molar-refractivity contribution in [2.75, 3.05) is 40.9 Å². The molecule has 0 aliphatic carbocycles. The molecule has 3 N–H and O–H groups in total. The Bertz CT molecular complexity index is 1300. The Hall–Kier alpha value is -2.06. The lowest BCUT2D eigenvalue weighted by atomic mass is 10.0. The van der Waals surface area contributed by atoms with Gasteiger partial charge in [0.25, 0.3) is 0 Å². The van der Waals surface area contributed by atoms with Crippen LogP contribution in [0.2, 0.25) is 0 Å². The summed E-state index contributed by atoms with van der Waals surface area (Å²) in [5, 5.41) is 13.9. The number of nitrogens with one attached hydrogen (secondary N) is 1. The van der Waals surface area contributed by atoms with Gasteiger partial charge in [-0.2, -0.15) is 0 Å². The van der Waals surface area contributed by atoms with E-state index in [1.54, 1.807) is 6.08 Å². The molecule has 66 heavy (non-hydrogen) atoms. The molecule has 0 rings (SSSR count). The number of allylic oxidation sites excluding steroid dienone is 11. The van der Waals surface area contributed by atoms with Crippen molar-refractivity contribution in [3.8, 4) is 0 Å². The number of likely N-dealkylation sites (N-methyl/N-ethyl adjacent to an activating group) is 1. The second-order valence-corrected chi connectivity index (χ2v) is 21.0. The maximum atomic E-state index is 12.9. The summed E-state index contributed by atoms with van der Waals surface area (Å²) in [7, 11) is 1.53. The third kappa shape index (κ3) is 49.8. The van der Waals surface area contributed by atoms with E-state index in [0.29, 0.717) is 17.4 Å². The molecule has 0 saturated heterocycles. The topological polar surface area (TPSA) is 105 Å². The van der Waals surface area contributed by atoms with E-state index in [9.17, 15) is 19.4 Å². The molecule has 9 heteroatoms. The van der Waals surface area contributed by atoms with Crippen LogP contribution in [0.3, 0.4) is 0 Å². The van der Waals surface area contributed by atoms with Crippen molar-refractivity contribution in [3.05, 3.63) is 72.9 Å². The van der Waals surface area contributed by atoms with Gasteiger partial charge in [0.15, 0.2) is 0 Å². The average Bonchev–Trinajstić information content (AvgIpc) is 3.28. The number of aliphatic hydroxyl groups excluding tert-OH is 1. The number of quaternary nitrogens is 1. The molecule has 384 valence electrons. The molecule has 3 atom stereocenters. The van der Waals surface area contributed by atoms with E-state index in [4.69, 9.17) is 9.05 Å². The Balaban J connectivity index is 4.32. The molecule has 0 saturated carbocycles. The Labute approximate surface area is 408 Å². The first-order chi connectivity index (χ1) is 32.0. The lowest BCUT2D eigenvalue weighted by Crippen LogP contribution is -2.45. The highest BCUT2D eigenvalue weighted by molar-refractivity contribution is 7.47. The minimum absolute atomic E-state index is 0.0483. The number of nitrogens with zero attached hydrogens (tertiary/aromatic N) is 1. The Morgan fingerprint density at radius 1 is 0.530 bits per heavy atom. The van der Waals surface area contributed by atoms with Gasteiger partial charge in [-0.1, -0.05) is 222 Å². The van der Waals surface area contributed by atoms with Crippen LogP contribution in [0.25, 0.3) is 0 Å². The van der Waals surface area contributed by atoms with E-state index < -0.39 is 20.0 Å². The van der Waals surface area contributed by atoms with Crippen molar-refractivity contribution in [2.45, 2.75) is 244 Å². The maximum absolute atomic E-state index is 12.9. The number of amides is 1. The van der Waals surface area contributed by atoms with Crippen LogP contribution in [0, 0.1) is 0 Å². The van der Waals surface area contributed by atoms with E-state index in [-0.39, 0.29) is 19.1 Å². The number of phosphoric ester groups is 1. The summed E-state index contributed by atoms with van der Waals surface area (Å²) >= 11 is 0. The summed E-state index contributed by atoms with van der Waals surface area (Å²) < 4.78 is 23.6. The van der Waals surface area contributed by atoms with Gasteiger partial charge in [0.05, 0.1) is 39.9 Å². The monoisotopic (exact) mass is 946 g/mol. The highest BCUT2D eigenvalue weighted by Gasteiger charge is 2.27. The van der Waals surface area contributed by atoms with Gasteiger partial charge in [0.1, 0.15) is 13.2 Å². The number of phosphoric acid groups is 1. The van der Waals surface area contributed by atoms with Crippen LogP contribution in [-0.2, 0) is 18.4 Å². The van der Waals surface area contributed by atoms with E-state index in [1.807, 2.05) is 27.2 Å². The molecule has 1 amide bonds. The first kappa shape index (κ1) is 63.9. The normalized spacial score (nSPS) is 14.6. The predicted molar refractivity (Wildman–Crippen MR) is 286 cm³/mol. The average molecular weight is 946 g/mol. The molecule has 0 aliphatic rings. The molecule has 8 nitrogen and oxygen atoms in total. The zero-order valence-corrected chi connectivity index (χ0v) is 44.6. The summed E-state index contributed by atoms with van der Waals surface area (Å²) in [6.45, 7) is 4.67. The lowest BCUT2D eigenvalue weighted by molar-refractivity contribution is -0.870. The summed E-state index contributed by atoms with van der Waals surface area (Å²) in [5.74, 6) is -0.203. The highest BCUT2D eigenvalue weighted by Crippen LogP contribution is 2.43. The van der Waals surface area contributed by atoms with Crippen molar-refractivity contribution in [1.82, 2.24) is 5.32 Å². The molecule has 0 bridgehead atoms. The molecule has 0 spiro atoms. The second kappa shape index (κ2) is 48.0. The minimum Gasteiger partial charge on any atom is -0.387 e.